The molecule has 0 N–H and O–H groups in total. The predicted molar refractivity (Wildman–Crippen MR) is 63.0 cm³/mol. The summed E-state index contributed by atoms with van der Waals surface area (Å²) in [6.45, 7) is 2.14. The molecule has 1 aromatic rings. The van der Waals surface area contributed by atoms with E-state index in [0.717, 1.165) is 0 Å². The molecule has 5 heteroatoms. The summed E-state index contributed by atoms with van der Waals surface area (Å²) >= 11 is 11.1. The third kappa shape index (κ3) is 3.73. The Kier molecular flexibility index (Phi) is 5.10. The fraction of sp³-hybridized carbons (Fsp3) is 0.273. The Morgan fingerprint density at radius 2 is 2.38 bits per heavy atom. The standard InChI is InChI=1S/C11H9Cl2NO2/c1-2-3-4-5-16-9-6-8(11(13)15)7-14-10(9)12/h6-7H,4-5H2,1H3. The summed E-state index contributed by atoms with van der Waals surface area (Å²) in [6, 6.07) is 1.46. The fourth-order valence-corrected chi connectivity index (χ4v) is 1.23. The molecule has 1 heterocycles. The van der Waals surface area contributed by atoms with Gasteiger partial charge >= 0.3 is 0 Å². The Balaban J connectivity index is 2.73. The van der Waals surface area contributed by atoms with Gasteiger partial charge in [0.2, 0.25) is 0 Å². The number of rotatable bonds is 4. The van der Waals surface area contributed by atoms with Crippen LogP contribution < -0.4 is 4.74 Å². The van der Waals surface area contributed by atoms with E-state index in [1.807, 2.05) is 0 Å². The van der Waals surface area contributed by atoms with Crippen molar-refractivity contribution in [1.29, 1.82) is 0 Å². The quantitative estimate of drug-likeness (QED) is 0.361. The Hall–Kier alpha value is -1.24. The van der Waals surface area contributed by atoms with E-state index in [1.54, 1.807) is 6.92 Å². The van der Waals surface area contributed by atoms with Crippen molar-refractivity contribution in [2.45, 2.75) is 13.3 Å². The molecule has 1 rings (SSSR count). The van der Waals surface area contributed by atoms with Crippen molar-refractivity contribution in [3.8, 4) is 17.6 Å². The van der Waals surface area contributed by atoms with E-state index >= 15 is 0 Å². The van der Waals surface area contributed by atoms with Gasteiger partial charge in [-0.3, -0.25) is 4.79 Å². The maximum Gasteiger partial charge on any atom is 0.254 e. The van der Waals surface area contributed by atoms with Gasteiger partial charge < -0.3 is 4.74 Å². The number of pyridine rings is 1. The van der Waals surface area contributed by atoms with E-state index < -0.39 is 5.24 Å². The van der Waals surface area contributed by atoms with E-state index in [4.69, 9.17) is 27.9 Å². The second-order valence-electron chi connectivity index (χ2n) is 2.81. The molecule has 0 aliphatic heterocycles. The van der Waals surface area contributed by atoms with Gasteiger partial charge in [0, 0.05) is 12.6 Å². The topological polar surface area (TPSA) is 39.2 Å². The minimum atomic E-state index is -0.595. The van der Waals surface area contributed by atoms with Crippen LogP contribution in [-0.2, 0) is 0 Å². The highest BCUT2D eigenvalue weighted by Crippen LogP contribution is 2.23. The minimum absolute atomic E-state index is 0.200. The Bertz CT molecular complexity index is 449. The lowest BCUT2D eigenvalue weighted by Gasteiger charge is -2.06. The number of carbonyl (C=O) groups is 1. The molecule has 3 nitrogen and oxygen atoms in total. The van der Waals surface area contributed by atoms with Crippen molar-refractivity contribution >= 4 is 28.4 Å². The number of ether oxygens (including phenoxy) is 1. The first-order valence-corrected chi connectivity index (χ1v) is 5.28. The molecule has 0 atom stereocenters. The number of halogens is 2. The minimum Gasteiger partial charge on any atom is -0.489 e. The normalized spacial score (nSPS) is 9.19. The van der Waals surface area contributed by atoms with Gasteiger partial charge in [0.25, 0.3) is 5.24 Å². The van der Waals surface area contributed by atoms with Crippen molar-refractivity contribution in [3.63, 3.8) is 0 Å². The van der Waals surface area contributed by atoms with Crippen molar-refractivity contribution in [2.75, 3.05) is 6.61 Å². The zero-order valence-corrected chi connectivity index (χ0v) is 10.1. The first-order chi connectivity index (χ1) is 7.65. The van der Waals surface area contributed by atoms with Crippen molar-refractivity contribution in [3.05, 3.63) is 23.0 Å². The van der Waals surface area contributed by atoms with Crippen LogP contribution in [0.2, 0.25) is 5.15 Å². The molecule has 0 aromatic carbocycles. The molecule has 0 fully saturated rings. The molecule has 0 radical (unpaired) electrons. The number of hydrogen-bond acceptors (Lipinski definition) is 3. The van der Waals surface area contributed by atoms with Gasteiger partial charge in [-0.15, -0.1) is 11.8 Å². The van der Waals surface area contributed by atoms with Crippen LogP contribution in [0.4, 0.5) is 0 Å². The zero-order valence-electron chi connectivity index (χ0n) is 8.59. The molecule has 0 spiro atoms. The molecule has 0 amide bonds. The number of aromatic nitrogens is 1. The molecule has 16 heavy (non-hydrogen) atoms. The molecule has 0 aliphatic carbocycles. The molecular weight excluding hydrogens is 249 g/mol. The highest BCUT2D eigenvalue weighted by Gasteiger charge is 2.08. The van der Waals surface area contributed by atoms with Crippen LogP contribution in [0.15, 0.2) is 12.3 Å². The Morgan fingerprint density at radius 3 is 3.00 bits per heavy atom. The lowest BCUT2D eigenvalue weighted by molar-refractivity contribution is 0.108. The lowest BCUT2D eigenvalue weighted by Crippen LogP contribution is -1.99. The van der Waals surface area contributed by atoms with E-state index in [9.17, 15) is 4.79 Å². The van der Waals surface area contributed by atoms with Crippen LogP contribution in [-0.4, -0.2) is 16.8 Å². The molecule has 0 unspecified atom stereocenters. The summed E-state index contributed by atoms with van der Waals surface area (Å²) in [7, 11) is 0. The maximum absolute atomic E-state index is 10.9. The van der Waals surface area contributed by atoms with Gasteiger partial charge in [-0.1, -0.05) is 11.6 Å². The summed E-state index contributed by atoms with van der Waals surface area (Å²) in [5.41, 5.74) is 0.252. The Labute approximate surface area is 104 Å². The highest BCUT2D eigenvalue weighted by molar-refractivity contribution is 6.67. The molecule has 0 aliphatic rings. The molecule has 84 valence electrons. The molecular formula is C11H9Cl2NO2. The first kappa shape index (κ1) is 12.8. The van der Waals surface area contributed by atoms with E-state index in [0.29, 0.717) is 18.8 Å². The van der Waals surface area contributed by atoms with Crippen LogP contribution >= 0.6 is 23.2 Å². The average Bonchev–Trinajstić information content (AvgIpc) is 2.26. The van der Waals surface area contributed by atoms with Crippen LogP contribution in [0, 0.1) is 11.8 Å². The van der Waals surface area contributed by atoms with Crippen LogP contribution in [0.5, 0.6) is 5.75 Å². The summed E-state index contributed by atoms with van der Waals surface area (Å²) in [4.78, 5) is 14.7. The van der Waals surface area contributed by atoms with Gasteiger partial charge in [0.15, 0.2) is 10.9 Å². The van der Waals surface area contributed by atoms with Crippen molar-refractivity contribution < 1.29 is 9.53 Å². The maximum atomic E-state index is 10.9. The molecule has 0 saturated carbocycles. The smallest absolute Gasteiger partial charge is 0.254 e. The first-order valence-electron chi connectivity index (χ1n) is 4.53. The second-order valence-corrected chi connectivity index (χ2v) is 3.51. The SMILES string of the molecule is CC#CCCOc1cc(C(=O)Cl)cnc1Cl. The van der Waals surface area contributed by atoms with E-state index in [1.165, 1.54) is 12.3 Å². The monoisotopic (exact) mass is 257 g/mol. The number of hydrogen-bond donors (Lipinski definition) is 0. The molecule has 0 bridgehead atoms. The fourth-order valence-electron chi connectivity index (χ4n) is 0.974. The van der Waals surface area contributed by atoms with Gasteiger partial charge in [-0.2, -0.15) is 0 Å². The summed E-state index contributed by atoms with van der Waals surface area (Å²) < 4.78 is 5.32. The third-order valence-electron chi connectivity index (χ3n) is 1.70. The summed E-state index contributed by atoms with van der Waals surface area (Å²) in [5.74, 6) is 5.93. The van der Waals surface area contributed by atoms with Crippen LogP contribution in [0.3, 0.4) is 0 Å². The van der Waals surface area contributed by atoms with Crippen LogP contribution in [0.1, 0.15) is 23.7 Å². The third-order valence-corrected chi connectivity index (χ3v) is 2.20. The zero-order chi connectivity index (χ0) is 12.0. The van der Waals surface area contributed by atoms with Gasteiger partial charge in [0.05, 0.1) is 12.2 Å². The largest absolute Gasteiger partial charge is 0.489 e. The molecule has 0 saturated heterocycles. The van der Waals surface area contributed by atoms with Gasteiger partial charge in [0.1, 0.15) is 0 Å². The average molecular weight is 258 g/mol. The Morgan fingerprint density at radius 1 is 1.62 bits per heavy atom. The van der Waals surface area contributed by atoms with Crippen molar-refractivity contribution in [2.24, 2.45) is 0 Å². The lowest BCUT2D eigenvalue weighted by atomic mass is 10.3. The van der Waals surface area contributed by atoms with Gasteiger partial charge in [-0.05, 0) is 24.6 Å². The van der Waals surface area contributed by atoms with E-state index in [-0.39, 0.29) is 10.7 Å². The van der Waals surface area contributed by atoms with Crippen LogP contribution in [0.25, 0.3) is 0 Å². The van der Waals surface area contributed by atoms with Gasteiger partial charge in [-0.25, -0.2) is 4.98 Å². The predicted octanol–water partition coefficient (Wildman–Crippen LogP) is 2.91. The number of carbonyl (C=O) groups excluding carboxylic acids is 1. The summed E-state index contributed by atoms with van der Waals surface area (Å²) in [6.07, 6.45) is 1.89. The number of nitrogens with zero attached hydrogens (tertiary/aromatic N) is 1. The molecule has 1 aromatic heterocycles. The summed E-state index contributed by atoms with van der Waals surface area (Å²) in [5, 5.41) is -0.395. The van der Waals surface area contributed by atoms with E-state index in [2.05, 4.69) is 16.8 Å². The highest BCUT2D eigenvalue weighted by atomic mass is 35.5. The van der Waals surface area contributed by atoms with Crippen molar-refractivity contribution in [1.82, 2.24) is 4.98 Å². The second kappa shape index (κ2) is 6.37.